The minimum atomic E-state index is -3.44. The molecule has 2 rings (SSSR count). The fraction of sp³-hybridized carbons (Fsp3) is 0.0909. The van der Waals surface area contributed by atoms with Crippen LogP contribution in [0.5, 0.6) is 0 Å². The standard InChI is InChI=1S/C11H9FO2S2/c12-9-3-1-5-11(7-9)16(13,14)8-10-4-2-6-15-10/h1-7H,8H2. The second-order valence-corrected chi connectivity index (χ2v) is 6.32. The molecule has 2 aromatic rings. The molecular formula is C11H9FO2S2. The van der Waals surface area contributed by atoms with E-state index in [1.165, 1.54) is 29.5 Å². The molecule has 0 saturated carbocycles. The van der Waals surface area contributed by atoms with Crippen LogP contribution in [0.2, 0.25) is 0 Å². The highest BCUT2D eigenvalue weighted by Crippen LogP contribution is 2.19. The zero-order chi connectivity index (χ0) is 11.6. The summed E-state index contributed by atoms with van der Waals surface area (Å²) in [5, 5.41) is 1.82. The highest BCUT2D eigenvalue weighted by Gasteiger charge is 2.16. The molecule has 0 unspecified atom stereocenters. The lowest BCUT2D eigenvalue weighted by Gasteiger charge is -2.02. The monoisotopic (exact) mass is 256 g/mol. The fourth-order valence-electron chi connectivity index (χ4n) is 1.33. The van der Waals surface area contributed by atoms with Gasteiger partial charge < -0.3 is 0 Å². The zero-order valence-electron chi connectivity index (χ0n) is 8.26. The van der Waals surface area contributed by atoms with Gasteiger partial charge in [0.15, 0.2) is 9.84 Å². The zero-order valence-corrected chi connectivity index (χ0v) is 9.89. The van der Waals surface area contributed by atoms with Crippen molar-refractivity contribution in [3.63, 3.8) is 0 Å². The molecule has 0 N–H and O–H groups in total. The maximum atomic E-state index is 12.9. The van der Waals surface area contributed by atoms with E-state index in [0.29, 0.717) is 0 Å². The first-order valence-corrected chi connectivity index (χ1v) is 7.12. The highest BCUT2D eigenvalue weighted by atomic mass is 32.2. The van der Waals surface area contributed by atoms with E-state index in [1.807, 2.05) is 5.38 Å². The topological polar surface area (TPSA) is 34.1 Å². The van der Waals surface area contributed by atoms with Crippen molar-refractivity contribution in [3.05, 3.63) is 52.5 Å². The van der Waals surface area contributed by atoms with Crippen molar-refractivity contribution in [1.29, 1.82) is 0 Å². The van der Waals surface area contributed by atoms with Gasteiger partial charge in [-0.1, -0.05) is 12.1 Å². The van der Waals surface area contributed by atoms with Crippen LogP contribution in [0, 0.1) is 5.82 Å². The van der Waals surface area contributed by atoms with Gasteiger partial charge in [0.2, 0.25) is 0 Å². The Morgan fingerprint density at radius 3 is 2.62 bits per heavy atom. The van der Waals surface area contributed by atoms with Crippen molar-refractivity contribution < 1.29 is 12.8 Å². The minimum Gasteiger partial charge on any atom is -0.223 e. The molecule has 0 spiro atoms. The van der Waals surface area contributed by atoms with E-state index < -0.39 is 15.7 Å². The summed E-state index contributed by atoms with van der Waals surface area (Å²) in [5.41, 5.74) is 0. The van der Waals surface area contributed by atoms with Gasteiger partial charge in [-0.15, -0.1) is 11.3 Å². The summed E-state index contributed by atoms with van der Waals surface area (Å²) in [6.07, 6.45) is 0. The van der Waals surface area contributed by atoms with E-state index in [4.69, 9.17) is 0 Å². The lowest BCUT2D eigenvalue weighted by molar-refractivity contribution is 0.590. The molecular weight excluding hydrogens is 247 g/mol. The van der Waals surface area contributed by atoms with Crippen LogP contribution >= 0.6 is 11.3 Å². The predicted octanol–water partition coefficient (Wildman–Crippen LogP) is 2.86. The van der Waals surface area contributed by atoms with E-state index in [-0.39, 0.29) is 10.6 Å². The van der Waals surface area contributed by atoms with E-state index in [1.54, 1.807) is 12.1 Å². The third kappa shape index (κ3) is 2.48. The average Bonchev–Trinajstić information content (AvgIpc) is 2.70. The quantitative estimate of drug-likeness (QED) is 0.846. The van der Waals surface area contributed by atoms with Gasteiger partial charge in [-0.25, -0.2) is 12.8 Å². The average molecular weight is 256 g/mol. The first kappa shape index (κ1) is 11.3. The molecule has 0 bridgehead atoms. The summed E-state index contributed by atoms with van der Waals surface area (Å²) < 4.78 is 36.7. The maximum Gasteiger partial charge on any atom is 0.183 e. The Morgan fingerprint density at radius 1 is 1.19 bits per heavy atom. The van der Waals surface area contributed by atoms with Crippen LogP contribution in [0.25, 0.3) is 0 Å². The first-order valence-electron chi connectivity index (χ1n) is 4.59. The van der Waals surface area contributed by atoms with Gasteiger partial charge in [-0.05, 0) is 29.6 Å². The Hall–Kier alpha value is -1.20. The number of hydrogen-bond donors (Lipinski definition) is 0. The molecule has 0 aliphatic heterocycles. The molecule has 1 heterocycles. The van der Waals surface area contributed by atoms with Crippen molar-refractivity contribution in [1.82, 2.24) is 0 Å². The number of rotatable bonds is 3. The van der Waals surface area contributed by atoms with Gasteiger partial charge in [0, 0.05) is 4.88 Å². The number of thiophene rings is 1. The fourth-order valence-corrected chi connectivity index (χ4v) is 3.77. The molecule has 5 heteroatoms. The smallest absolute Gasteiger partial charge is 0.183 e. The van der Waals surface area contributed by atoms with Crippen LogP contribution in [0.4, 0.5) is 4.39 Å². The van der Waals surface area contributed by atoms with Gasteiger partial charge >= 0.3 is 0 Å². The van der Waals surface area contributed by atoms with Gasteiger partial charge in [0.05, 0.1) is 10.6 Å². The number of halogens is 1. The molecule has 0 atom stereocenters. The van der Waals surface area contributed by atoms with Crippen LogP contribution in [0.1, 0.15) is 4.88 Å². The molecule has 1 aromatic carbocycles. The molecule has 0 radical (unpaired) electrons. The van der Waals surface area contributed by atoms with Crippen molar-refractivity contribution in [3.8, 4) is 0 Å². The third-order valence-electron chi connectivity index (χ3n) is 2.07. The van der Waals surface area contributed by atoms with E-state index >= 15 is 0 Å². The minimum absolute atomic E-state index is 0.0286. The summed E-state index contributed by atoms with van der Waals surface area (Å²) in [7, 11) is -3.44. The number of benzene rings is 1. The van der Waals surface area contributed by atoms with Crippen LogP contribution in [-0.4, -0.2) is 8.42 Å². The SMILES string of the molecule is O=S(=O)(Cc1cccs1)c1cccc(F)c1. The Kier molecular flexibility index (Phi) is 3.07. The van der Waals surface area contributed by atoms with Gasteiger partial charge in [-0.3, -0.25) is 0 Å². The Balaban J connectivity index is 2.33. The van der Waals surface area contributed by atoms with Crippen molar-refractivity contribution in [2.24, 2.45) is 0 Å². The van der Waals surface area contributed by atoms with Crippen LogP contribution in [-0.2, 0) is 15.6 Å². The van der Waals surface area contributed by atoms with Crippen molar-refractivity contribution >= 4 is 21.2 Å². The summed E-state index contributed by atoms with van der Waals surface area (Å²) in [6, 6.07) is 8.62. The Labute approximate surface area is 97.3 Å². The van der Waals surface area contributed by atoms with Gasteiger partial charge in [0.1, 0.15) is 5.82 Å². The van der Waals surface area contributed by atoms with E-state index in [0.717, 1.165) is 10.9 Å². The molecule has 0 saturated heterocycles. The van der Waals surface area contributed by atoms with Crippen LogP contribution in [0.15, 0.2) is 46.7 Å². The largest absolute Gasteiger partial charge is 0.223 e. The maximum absolute atomic E-state index is 12.9. The molecule has 0 amide bonds. The lowest BCUT2D eigenvalue weighted by atomic mass is 10.4. The van der Waals surface area contributed by atoms with Gasteiger partial charge in [0.25, 0.3) is 0 Å². The molecule has 84 valence electrons. The summed E-state index contributed by atoms with van der Waals surface area (Å²) in [4.78, 5) is 0.783. The third-order valence-corrected chi connectivity index (χ3v) is 4.79. The van der Waals surface area contributed by atoms with Crippen molar-refractivity contribution in [2.75, 3.05) is 0 Å². The molecule has 16 heavy (non-hydrogen) atoms. The second kappa shape index (κ2) is 4.35. The van der Waals surface area contributed by atoms with Crippen LogP contribution < -0.4 is 0 Å². The predicted molar refractivity (Wildman–Crippen MR) is 61.6 cm³/mol. The highest BCUT2D eigenvalue weighted by molar-refractivity contribution is 7.90. The molecule has 0 aliphatic rings. The number of hydrogen-bond acceptors (Lipinski definition) is 3. The molecule has 1 aromatic heterocycles. The Morgan fingerprint density at radius 2 is 2.00 bits per heavy atom. The number of sulfone groups is 1. The Bertz CT molecular complexity index is 574. The summed E-state index contributed by atoms with van der Waals surface area (Å²) >= 11 is 1.38. The van der Waals surface area contributed by atoms with Gasteiger partial charge in [-0.2, -0.15) is 0 Å². The lowest BCUT2D eigenvalue weighted by Crippen LogP contribution is -2.03. The first-order chi connectivity index (χ1) is 7.58. The molecule has 0 fully saturated rings. The van der Waals surface area contributed by atoms with E-state index in [2.05, 4.69) is 0 Å². The van der Waals surface area contributed by atoms with Crippen molar-refractivity contribution in [2.45, 2.75) is 10.6 Å². The van der Waals surface area contributed by atoms with Crippen LogP contribution in [0.3, 0.4) is 0 Å². The molecule has 0 aliphatic carbocycles. The summed E-state index contributed by atoms with van der Waals surface area (Å²) in [5.74, 6) is -0.610. The normalized spacial score (nSPS) is 11.6. The second-order valence-electron chi connectivity index (χ2n) is 3.30. The molecule has 2 nitrogen and oxygen atoms in total. The summed E-state index contributed by atoms with van der Waals surface area (Å²) in [6.45, 7) is 0. The van der Waals surface area contributed by atoms with E-state index in [9.17, 15) is 12.8 Å².